The van der Waals surface area contributed by atoms with Crippen LogP contribution in [0, 0.1) is 20.8 Å². The highest BCUT2D eigenvalue weighted by Crippen LogP contribution is 2.29. The van der Waals surface area contributed by atoms with Gasteiger partial charge in [0.25, 0.3) is 10.0 Å². The summed E-state index contributed by atoms with van der Waals surface area (Å²) in [4.78, 5) is 12.8. The van der Waals surface area contributed by atoms with Crippen molar-refractivity contribution in [2.45, 2.75) is 25.7 Å². The van der Waals surface area contributed by atoms with Crippen molar-refractivity contribution in [3.05, 3.63) is 87.4 Å². The highest BCUT2D eigenvalue weighted by Gasteiger charge is 2.28. The number of nitrogens with zero attached hydrogens (tertiary/aromatic N) is 1. The van der Waals surface area contributed by atoms with Gasteiger partial charge in [-0.05, 0) is 74.4 Å². The van der Waals surface area contributed by atoms with Gasteiger partial charge >= 0.3 is 0 Å². The van der Waals surface area contributed by atoms with Crippen molar-refractivity contribution in [1.82, 2.24) is 5.32 Å². The Balaban J connectivity index is 1.73. The first kappa shape index (κ1) is 25.9. The summed E-state index contributed by atoms with van der Waals surface area (Å²) >= 11 is 12.2. The zero-order valence-electron chi connectivity index (χ0n) is 19.1. The van der Waals surface area contributed by atoms with Crippen LogP contribution in [0.5, 0.6) is 5.75 Å². The minimum atomic E-state index is -4.00. The van der Waals surface area contributed by atoms with Crippen LogP contribution in [0.3, 0.4) is 0 Å². The van der Waals surface area contributed by atoms with E-state index in [1.54, 1.807) is 49.4 Å². The molecule has 0 aromatic heterocycles. The molecule has 3 rings (SSSR count). The Hall–Kier alpha value is -2.74. The summed E-state index contributed by atoms with van der Waals surface area (Å²) in [6, 6.07) is 16.7. The number of benzene rings is 3. The first-order chi connectivity index (χ1) is 16.1. The van der Waals surface area contributed by atoms with Crippen molar-refractivity contribution in [1.29, 1.82) is 0 Å². The minimum Gasteiger partial charge on any atom is -0.492 e. The number of carbonyl (C=O) groups excluding carboxylic acids is 1. The number of rotatable bonds is 9. The maximum absolute atomic E-state index is 13.5. The molecule has 3 aromatic carbocycles. The first-order valence-electron chi connectivity index (χ1n) is 10.6. The van der Waals surface area contributed by atoms with E-state index in [1.807, 2.05) is 19.9 Å². The number of sulfonamides is 1. The van der Waals surface area contributed by atoms with Crippen LogP contribution >= 0.6 is 23.2 Å². The van der Waals surface area contributed by atoms with Gasteiger partial charge in [-0.25, -0.2) is 8.42 Å². The zero-order valence-corrected chi connectivity index (χ0v) is 21.5. The second-order valence-corrected chi connectivity index (χ2v) is 10.6. The lowest BCUT2D eigenvalue weighted by Gasteiger charge is -2.26. The second kappa shape index (κ2) is 11.1. The standard InChI is InChI=1S/C25H26Cl2N2O4S/c1-17-4-9-22(10-5-17)34(31,32)29(24-11-7-20(26)14-19(24)3)16-25(30)28-12-13-33-21-8-6-18(2)23(27)15-21/h4-11,14-15H,12-13,16H2,1-3H3,(H,28,30). The number of hydrogen-bond donors (Lipinski definition) is 1. The van der Waals surface area contributed by atoms with Gasteiger partial charge in [-0.2, -0.15) is 0 Å². The van der Waals surface area contributed by atoms with Crippen LogP contribution in [0.4, 0.5) is 5.69 Å². The van der Waals surface area contributed by atoms with E-state index in [1.165, 1.54) is 12.1 Å². The molecule has 3 aromatic rings. The van der Waals surface area contributed by atoms with E-state index in [4.69, 9.17) is 27.9 Å². The van der Waals surface area contributed by atoms with Gasteiger partial charge in [0.15, 0.2) is 0 Å². The molecule has 1 N–H and O–H groups in total. The molecule has 6 nitrogen and oxygen atoms in total. The molecule has 0 bridgehead atoms. The summed E-state index contributed by atoms with van der Waals surface area (Å²) < 4.78 is 33.6. The quantitative estimate of drug-likeness (QED) is 0.388. The molecule has 0 aliphatic carbocycles. The molecule has 0 aliphatic heterocycles. The van der Waals surface area contributed by atoms with Gasteiger partial charge < -0.3 is 10.1 Å². The highest BCUT2D eigenvalue weighted by atomic mass is 35.5. The van der Waals surface area contributed by atoms with E-state index in [2.05, 4.69) is 5.32 Å². The van der Waals surface area contributed by atoms with E-state index in [-0.39, 0.29) is 18.0 Å². The fraction of sp³-hybridized carbons (Fsp3) is 0.240. The molecule has 1 amide bonds. The number of anilines is 1. The molecule has 0 radical (unpaired) electrons. The summed E-state index contributed by atoms with van der Waals surface area (Å²) in [6.07, 6.45) is 0. The molecule has 0 heterocycles. The van der Waals surface area contributed by atoms with E-state index in [0.29, 0.717) is 27.0 Å². The third kappa shape index (κ3) is 6.44. The summed E-state index contributed by atoms with van der Waals surface area (Å²) in [5, 5.41) is 3.79. The molecule has 0 unspecified atom stereocenters. The van der Waals surface area contributed by atoms with Crippen LogP contribution in [-0.2, 0) is 14.8 Å². The molecule has 0 atom stereocenters. The minimum absolute atomic E-state index is 0.0971. The molecule has 0 aliphatic rings. The maximum atomic E-state index is 13.5. The predicted octanol–water partition coefficient (Wildman–Crippen LogP) is 5.31. The first-order valence-corrected chi connectivity index (χ1v) is 12.8. The summed E-state index contributed by atoms with van der Waals surface area (Å²) in [5.74, 6) is 0.126. The fourth-order valence-electron chi connectivity index (χ4n) is 3.24. The van der Waals surface area contributed by atoms with Gasteiger partial charge in [-0.1, -0.05) is 47.0 Å². The van der Waals surface area contributed by atoms with Crippen LogP contribution in [0.2, 0.25) is 10.0 Å². The van der Waals surface area contributed by atoms with Gasteiger partial charge in [0.05, 0.1) is 17.1 Å². The topological polar surface area (TPSA) is 75.7 Å². The molecule has 34 heavy (non-hydrogen) atoms. The summed E-state index contributed by atoms with van der Waals surface area (Å²) in [6.45, 7) is 5.52. The molecule has 0 saturated heterocycles. The van der Waals surface area contributed by atoms with Gasteiger partial charge in [0, 0.05) is 10.0 Å². The van der Waals surface area contributed by atoms with Crippen molar-refractivity contribution < 1.29 is 17.9 Å². The lowest BCUT2D eigenvalue weighted by atomic mass is 10.2. The third-order valence-electron chi connectivity index (χ3n) is 5.16. The molecule has 9 heteroatoms. The second-order valence-electron chi connectivity index (χ2n) is 7.86. The average Bonchev–Trinajstić information content (AvgIpc) is 2.78. The smallest absolute Gasteiger partial charge is 0.264 e. The van der Waals surface area contributed by atoms with Crippen molar-refractivity contribution in [2.75, 3.05) is 24.0 Å². The van der Waals surface area contributed by atoms with Crippen LogP contribution in [0.15, 0.2) is 65.6 Å². The number of hydrogen-bond acceptors (Lipinski definition) is 4. The molecule has 180 valence electrons. The molecular formula is C25H26Cl2N2O4S. The number of nitrogens with one attached hydrogen (secondary N) is 1. The van der Waals surface area contributed by atoms with E-state index in [0.717, 1.165) is 15.4 Å². The van der Waals surface area contributed by atoms with Crippen molar-refractivity contribution in [3.63, 3.8) is 0 Å². The Labute approximate surface area is 210 Å². The van der Waals surface area contributed by atoms with Gasteiger partial charge in [-0.15, -0.1) is 0 Å². The van der Waals surface area contributed by atoms with Crippen LogP contribution < -0.4 is 14.4 Å². The summed E-state index contributed by atoms with van der Waals surface area (Å²) in [5.41, 5.74) is 2.89. The molecule has 0 fully saturated rings. The monoisotopic (exact) mass is 520 g/mol. The third-order valence-corrected chi connectivity index (χ3v) is 7.58. The Bertz CT molecular complexity index is 1280. The number of carbonyl (C=O) groups is 1. The van der Waals surface area contributed by atoms with Crippen molar-refractivity contribution >= 4 is 44.8 Å². The van der Waals surface area contributed by atoms with E-state index < -0.39 is 22.5 Å². The van der Waals surface area contributed by atoms with Crippen LogP contribution in [-0.4, -0.2) is 34.0 Å². The Kier molecular flexibility index (Phi) is 8.47. The largest absolute Gasteiger partial charge is 0.492 e. The fourth-order valence-corrected chi connectivity index (χ4v) is 5.13. The average molecular weight is 521 g/mol. The van der Waals surface area contributed by atoms with Crippen molar-refractivity contribution in [2.24, 2.45) is 0 Å². The number of amides is 1. The van der Waals surface area contributed by atoms with Crippen LogP contribution in [0.1, 0.15) is 16.7 Å². The predicted molar refractivity (Wildman–Crippen MR) is 137 cm³/mol. The lowest BCUT2D eigenvalue weighted by molar-refractivity contribution is -0.119. The number of ether oxygens (including phenoxy) is 1. The van der Waals surface area contributed by atoms with Gasteiger partial charge in [0.2, 0.25) is 5.91 Å². The Morgan fingerprint density at radius 2 is 1.65 bits per heavy atom. The zero-order chi connectivity index (χ0) is 24.9. The van der Waals surface area contributed by atoms with E-state index >= 15 is 0 Å². The molecular weight excluding hydrogens is 495 g/mol. The van der Waals surface area contributed by atoms with E-state index in [9.17, 15) is 13.2 Å². The molecule has 0 saturated carbocycles. The van der Waals surface area contributed by atoms with Gasteiger partial charge in [-0.3, -0.25) is 9.10 Å². The molecule has 0 spiro atoms. The normalized spacial score (nSPS) is 11.2. The Morgan fingerprint density at radius 1 is 0.941 bits per heavy atom. The van der Waals surface area contributed by atoms with Gasteiger partial charge in [0.1, 0.15) is 18.9 Å². The van der Waals surface area contributed by atoms with Crippen LogP contribution in [0.25, 0.3) is 0 Å². The number of aryl methyl sites for hydroxylation is 3. The van der Waals surface area contributed by atoms with Crippen molar-refractivity contribution in [3.8, 4) is 5.75 Å². The summed E-state index contributed by atoms with van der Waals surface area (Å²) in [7, 11) is -4.00. The highest BCUT2D eigenvalue weighted by molar-refractivity contribution is 7.92. The Morgan fingerprint density at radius 3 is 2.29 bits per heavy atom. The SMILES string of the molecule is Cc1ccc(S(=O)(=O)N(CC(=O)NCCOc2ccc(C)c(Cl)c2)c2ccc(Cl)cc2C)cc1. The lowest BCUT2D eigenvalue weighted by Crippen LogP contribution is -2.42. The number of halogens is 2. The maximum Gasteiger partial charge on any atom is 0.264 e.